The van der Waals surface area contributed by atoms with Gasteiger partial charge in [0.1, 0.15) is 6.54 Å². The average molecular weight is 332 g/mol. The van der Waals surface area contributed by atoms with Crippen LogP contribution in [0.4, 0.5) is 5.69 Å². The lowest BCUT2D eigenvalue weighted by atomic mass is 10.3. The normalized spacial score (nSPS) is 11.3. The van der Waals surface area contributed by atoms with Gasteiger partial charge in [-0.05, 0) is 29.8 Å². The SMILES string of the molecule is CS(=O)(=O)N(CC(=O)N/N=C\c1ccncc1)c1ccccc1. The number of aromatic nitrogens is 1. The van der Waals surface area contributed by atoms with Crippen LogP contribution in [0.5, 0.6) is 0 Å². The summed E-state index contributed by atoms with van der Waals surface area (Å²) in [5.41, 5.74) is 3.49. The van der Waals surface area contributed by atoms with Gasteiger partial charge in [0.05, 0.1) is 18.2 Å². The van der Waals surface area contributed by atoms with Gasteiger partial charge in [-0.3, -0.25) is 14.1 Å². The first-order chi connectivity index (χ1) is 11.0. The molecule has 0 atom stereocenters. The maximum atomic E-state index is 11.9. The molecule has 0 radical (unpaired) electrons. The Kier molecular flexibility index (Phi) is 5.42. The molecule has 0 fully saturated rings. The third-order valence-corrected chi connectivity index (χ3v) is 3.98. The van der Waals surface area contributed by atoms with Gasteiger partial charge in [-0.2, -0.15) is 5.10 Å². The number of nitrogens with zero attached hydrogens (tertiary/aromatic N) is 3. The van der Waals surface area contributed by atoms with E-state index in [-0.39, 0.29) is 6.54 Å². The summed E-state index contributed by atoms with van der Waals surface area (Å²) in [5.74, 6) is -0.537. The molecule has 0 aliphatic rings. The van der Waals surface area contributed by atoms with Crippen LogP contribution in [0.15, 0.2) is 60.0 Å². The Bertz CT molecular complexity index is 777. The van der Waals surface area contributed by atoms with Gasteiger partial charge in [0.25, 0.3) is 5.91 Å². The van der Waals surface area contributed by atoms with Crippen molar-refractivity contribution in [3.8, 4) is 0 Å². The van der Waals surface area contributed by atoms with Gasteiger partial charge < -0.3 is 0 Å². The second-order valence-corrected chi connectivity index (χ2v) is 6.59. The first-order valence-electron chi connectivity index (χ1n) is 6.71. The predicted octanol–water partition coefficient (Wildman–Crippen LogP) is 0.998. The van der Waals surface area contributed by atoms with Gasteiger partial charge in [0, 0.05) is 12.4 Å². The molecule has 1 N–H and O–H groups in total. The lowest BCUT2D eigenvalue weighted by Gasteiger charge is -2.21. The summed E-state index contributed by atoms with van der Waals surface area (Å²) in [7, 11) is -3.58. The van der Waals surface area contributed by atoms with Crippen LogP contribution in [-0.2, 0) is 14.8 Å². The molecule has 0 unspecified atom stereocenters. The molecule has 1 heterocycles. The quantitative estimate of drug-likeness (QED) is 0.631. The predicted molar refractivity (Wildman–Crippen MR) is 88.6 cm³/mol. The third kappa shape index (κ3) is 5.19. The Morgan fingerprint density at radius 3 is 2.48 bits per heavy atom. The minimum Gasteiger partial charge on any atom is -0.271 e. The first-order valence-corrected chi connectivity index (χ1v) is 8.56. The molecule has 0 saturated heterocycles. The molecule has 2 aromatic rings. The van der Waals surface area contributed by atoms with Gasteiger partial charge >= 0.3 is 0 Å². The molecule has 0 spiro atoms. The van der Waals surface area contributed by atoms with Crippen LogP contribution in [0.3, 0.4) is 0 Å². The van der Waals surface area contributed by atoms with Crippen molar-refractivity contribution >= 4 is 27.8 Å². The highest BCUT2D eigenvalue weighted by Crippen LogP contribution is 2.15. The maximum Gasteiger partial charge on any atom is 0.260 e. The molecule has 0 aliphatic heterocycles. The molecule has 1 aromatic carbocycles. The minimum absolute atomic E-state index is 0.351. The van der Waals surface area contributed by atoms with Gasteiger partial charge in [-0.25, -0.2) is 13.8 Å². The van der Waals surface area contributed by atoms with Crippen molar-refractivity contribution in [2.75, 3.05) is 17.1 Å². The number of benzene rings is 1. The molecule has 0 bridgehead atoms. The van der Waals surface area contributed by atoms with Crippen molar-refractivity contribution < 1.29 is 13.2 Å². The van der Waals surface area contributed by atoms with Crippen molar-refractivity contribution in [3.05, 3.63) is 60.4 Å². The van der Waals surface area contributed by atoms with Crippen LogP contribution in [0.25, 0.3) is 0 Å². The topological polar surface area (TPSA) is 91.7 Å². The lowest BCUT2D eigenvalue weighted by molar-refractivity contribution is -0.119. The highest BCUT2D eigenvalue weighted by atomic mass is 32.2. The molecule has 2 rings (SSSR count). The maximum absolute atomic E-state index is 11.9. The Balaban J connectivity index is 2.03. The van der Waals surface area contributed by atoms with E-state index in [4.69, 9.17) is 0 Å². The number of hydrazone groups is 1. The highest BCUT2D eigenvalue weighted by molar-refractivity contribution is 7.92. The van der Waals surface area contributed by atoms with E-state index in [2.05, 4.69) is 15.5 Å². The number of nitrogens with one attached hydrogen (secondary N) is 1. The van der Waals surface area contributed by atoms with Gasteiger partial charge in [-0.15, -0.1) is 0 Å². The second-order valence-electron chi connectivity index (χ2n) is 4.68. The van der Waals surface area contributed by atoms with Gasteiger partial charge in [0.2, 0.25) is 10.0 Å². The number of rotatable bonds is 6. The Morgan fingerprint density at radius 1 is 1.22 bits per heavy atom. The Labute approximate surface area is 134 Å². The van der Waals surface area contributed by atoms with Crippen LogP contribution in [0.1, 0.15) is 5.56 Å². The summed E-state index contributed by atoms with van der Waals surface area (Å²) >= 11 is 0. The second kappa shape index (κ2) is 7.50. The molecule has 0 saturated carbocycles. The summed E-state index contributed by atoms with van der Waals surface area (Å²) in [6, 6.07) is 11.9. The molecular weight excluding hydrogens is 316 g/mol. The van der Waals surface area contributed by atoms with Crippen LogP contribution in [0, 0.1) is 0 Å². The zero-order valence-electron chi connectivity index (χ0n) is 12.5. The molecule has 23 heavy (non-hydrogen) atoms. The van der Waals surface area contributed by atoms with Crippen molar-refractivity contribution in [1.82, 2.24) is 10.4 Å². The van der Waals surface area contributed by atoms with Gasteiger partial charge in [-0.1, -0.05) is 18.2 Å². The summed E-state index contributed by atoms with van der Waals surface area (Å²) < 4.78 is 24.7. The van der Waals surface area contributed by atoms with E-state index >= 15 is 0 Å². The number of carbonyl (C=O) groups is 1. The van der Waals surface area contributed by atoms with Crippen molar-refractivity contribution in [1.29, 1.82) is 0 Å². The molecule has 1 aromatic heterocycles. The van der Waals surface area contributed by atoms with Crippen LogP contribution in [-0.4, -0.2) is 38.3 Å². The summed E-state index contributed by atoms with van der Waals surface area (Å²) in [5, 5.41) is 3.80. The van der Waals surface area contributed by atoms with Crippen LogP contribution < -0.4 is 9.73 Å². The number of sulfonamides is 1. The van der Waals surface area contributed by atoms with E-state index in [9.17, 15) is 13.2 Å². The average Bonchev–Trinajstić information content (AvgIpc) is 2.53. The van der Waals surface area contributed by atoms with E-state index < -0.39 is 15.9 Å². The summed E-state index contributed by atoms with van der Waals surface area (Å²) in [6.07, 6.45) is 5.70. The molecule has 120 valence electrons. The largest absolute Gasteiger partial charge is 0.271 e. The standard InChI is InChI=1S/C15H16N4O3S/c1-23(21,22)19(14-5-3-2-4-6-14)12-15(20)18-17-11-13-7-9-16-10-8-13/h2-11H,12H2,1H3,(H,18,20)/b17-11-. The third-order valence-electron chi connectivity index (χ3n) is 2.84. The fourth-order valence-electron chi connectivity index (χ4n) is 1.79. The molecule has 7 nitrogen and oxygen atoms in total. The van der Waals surface area contributed by atoms with E-state index in [0.29, 0.717) is 5.69 Å². The summed E-state index contributed by atoms with van der Waals surface area (Å²) in [6.45, 7) is -0.351. The zero-order chi connectivity index (χ0) is 16.7. The lowest BCUT2D eigenvalue weighted by Crippen LogP contribution is -2.38. The summed E-state index contributed by atoms with van der Waals surface area (Å²) in [4.78, 5) is 15.8. The Morgan fingerprint density at radius 2 is 1.87 bits per heavy atom. The van der Waals surface area contributed by atoms with E-state index in [1.807, 2.05) is 0 Å². The minimum atomic E-state index is -3.58. The first kappa shape index (κ1) is 16.6. The molecule has 8 heteroatoms. The number of hydrogen-bond acceptors (Lipinski definition) is 5. The van der Waals surface area contributed by atoms with Crippen molar-refractivity contribution in [2.24, 2.45) is 5.10 Å². The fraction of sp³-hybridized carbons (Fsp3) is 0.133. The molecule has 0 aliphatic carbocycles. The number of carbonyl (C=O) groups excluding carboxylic acids is 1. The number of hydrogen-bond donors (Lipinski definition) is 1. The highest BCUT2D eigenvalue weighted by Gasteiger charge is 2.20. The van der Waals surface area contributed by atoms with Crippen LogP contribution >= 0.6 is 0 Å². The zero-order valence-corrected chi connectivity index (χ0v) is 13.3. The number of anilines is 1. The van der Waals surface area contributed by atoms with Crippen molar-refractivity contribution in [3.63, 3.8) is 0 Å². The Hall–Kier alpha value is -2.74. The number of pyridine rings is 1. The number of amides is 1. The van der Waals surface area contributed by atoms with Crippen molar-refractivity contribution in [2.45, 2.75) is 0 Å². The smallest absolute Gasteiger partial charge is 0.260 e. The molecule has 1 amide bonds. The van der Waals surface area contributed by atoms with Gasteiger partial charge in [0.15, 0.2) is 0 Å². The fourth-order valence-corrected chi connectivity index (χ4v) is 2.64. The molecular formula is C15H16N4O3S. The number of para-hydroxylation sites is 1. The van der Waals surface area contributed by atoms with E-state index in [1.165, 1.54) is 6.21 Å². The monoisotopic (exact) mass is 332 g/mol. The van der Waals surface area contributed by atoms with E-state index in [0.717, 1.165) is 16.1 Å². The van der Waals surface area contributed by atoms with E-state index in [1.54, 1.807) is 54.9 Å². The van der Waals surface area contributed by atoms with Crippen LogP contribution in [0.2, 0.25) is 0 Å².